The van der Waals surface area contributed by atoms with Gasteiger partial charge < -0.3 is 9.84 Å². The van der Waals surface area contributed by atoms with E-state index in [1.54, 1.807) is 0 Å². The highest BCUT2D eigenvalue weighted by Crippen LogP contribution is 2.43. The number of nitrogens with one attached hydrogen (secondary N) is 1. The molecule has 4 unspecified atom stereocenters. The first-order valence-electron chi connectivity index (χ1n) is 6.91. The molecule has 2 rings (SSSR count). The highest BCUT2D eigenvalue weighted by molar-refractivity contribution is 8.06. The van der Waals surface area contributed by atoms with Gasteiger partial charge in [0, 0.05) is 22.8 Å². The number of thioether (sulfide) groups is 2. The average molecular weight is 301 g/mol. The van der Waals surface area contributed by atoms with E-state index in [0.29, 0.717) is 16.5 Å². The van der Waals surface area contributed by atoms with Crippen molar-refractivity contribution in [2.24, 2.45) is 0 Å². The lowest BCUT2D eigenvalue weighted by Gasteiger charge is -2.27. The predicted octanol–water partition coefficient (Wildman–Crippen LogP) is 3.08. The van der Waals surface area contributed by atoms with Crippen molar-refractivity contribution < 1.29 is 4.52 Å². The zero-order valence-electron chi connectivity index (χ0n) is 12.0. The average Bonchev–Trinajstić information content (AvgIpc) is 2.95. The zero-order valence-corrected chi connectivity index (χ0v) is 13.7. The second-order valence-corrected chi connectivity index (χ2v) is 7.56. The summed E-state index contributed by atoms with van der Waals surface area (Å²) in [6, 6.07) is 0.337. The van der Waals surface area contributed by atoms with Gasteiger partial charge in [0.1, 0.15) is 0 Å². The van der Waals surface area contributed by atoms with Gasteiger partial charge in [-0.05, 0) is 20.4 Å². The summed E-state index contributed by atoms with van der Waals surface area (Å²) in [6.45, 7) is 6.50. The molecular formula is C13H23N3OS2. The molecule has 0 aliphatic carbocycles. The van der Waals surface area contributed by atoms with Crippen molar-refractivity contribution in [2.75, 3.05) is 18.6 Å². The van der Waals surface area contributed by atoms with Crippen molar-refractivity contribution in [1.82, 2.24) is 15.5 Å². The maximum absolute atomic E-state index is 5.47. The van der Waals surface area contributed by atoms with Gasteiger partial charge in [0.25, 0.3) is 0 Å². The Morgan fingerprint density at radius 2 is 2.11 bits per heavy atom. The van der Waals surface area contributed by atoms with Crippen LogP contribution in [0.4, 0.5) is 0 Å². The lowest BCUT2D eigenvalue weighted by Crippen LogP contribution is -2.27. The number of likely N-dealkylation sites (N-methyl/N-ethyl adjacent to an activating group) is 1. The predicted molar refractivity (Wildman–Crippen MR) is 83.0 cm³/mol. The Morgan fingerprint density at radius 1 is 1.37 bits per heavy atom. The Hall–Kier alpha value is -0.200. The molecule has 4 nitrogen and oxygen atoms in total. The topological polar surface area (TPSA) is 51.0 Å². The van der Waals surface area contributed by atoms with Gasteiger partial charge in [-0.2, -0.15) is 16.7 Å². The summed E-state index contributed by atoms with van der Waals surface area (Å²) < 4.78 is 5.47. The third-order valence-electron chi connectivity index (χ3n) is 3.76. The normalized spacial score (nSPS) is 27.2. The van der Waals surface area contributed by atoms with Crippen LogP contribution in [0.2, 0.25) is 0 Å². The third-order valence-corrected chi connectivity index (χ3v) is 7.00. The van der Waals surface area contributed by atoms with Crippen LogP contribution in [-0.2, 0) is 0 Å². The van der Waals surface area contributed by atoms with Crippen molar-refractivity contribution in [1.29, 1.82) is 0 Å². The van der Waals surface area contributed by atoms with Gasteiger partial charge in [0.15, 0.2) is 5.82 Å². The van der Waals surface area contributed by atoms with Crippen LogP contribution in [0.15, 0.2) is 4.52 Å². The van der Waals surface area contributed by atoms with Gasteiger partial charge >= 0.3 is 0 Å². The molecule has 1 N–H and O–H groups in total. The lowest BCUT2D eigenvalue weighted by atomic mass is 10.0. The Labute approximate surface area is 123 Å². The molecule has 1 aromatic heterocycles. The van der Waals surface area contributed by atoms with Gasteiger partial charge in [0.2, 0.25) is 5.89 Å². The van der Waals surface area contributed by atoms with E-state index in [9.17, 15) is 0 Å². The first-order chi connectivity index (χ1) is 9.17. The quantitative estimate of drug-likeness (QED) is 0.902. The molecule has 1 aliphatic heterocycles. The van der Waals surface area contributed by atoms with Gasteiger partial charge in [-0.1, -0.05) is 19.0 Å². The molecule has 1 fully saturated rings. The number of hydrogen-bond acceptors (Lipinski definition) is 6. The summed E-state index contributed by atoms with van der Waals surface area (Å²) in [5, 5.41) is 8.46. The largest absolute Gasteiger partial charge is 0.339 e. The maximum atomic E-state index is 5.47. The molecule has 2 heterocycles. The zero-order chi connectivity index (χ0) is 13.8. The molecule has 1 aliphatic rings. The minimum atomic E-state index is 0.243. The van der Waals surface area contributed by atoms with Crippen molar-refractivity contribution in [3.05, 3.63) is 11.7 Å². The van der Waals surface area contributed by atoms with Crippen LogP contribution in [0.1, 0.15) is 50.1 Å². The summed E-state index contributed by atoms with van der Waals surface area (Å²) in [4.78, 5) is 4.65. The van der Waals surface area contributed by atoms with Crippen LogP contribution in [0, 0.1) is 0 Å². The molecular weight excluding hydrogens is 278 g/mol. The summed E-state index contributed by atoms with van der Waals surface area (Å²) >= 11 is 4.01. The molecule has 19 heavy (non-hydrogen) atoms. The second kappa shape index (κ2) is 6.99. The fourth-order valence-electron chi connectivity index (χ4n) is 2.15. The SMILES string of the molecule is CCC1SCCSC1c1noc(C(C)C(C)NC)n1. The van der Waals surface area contributed by atoms with Crippen LogP contribution in [-0.4, -0.2) is 40.0 Å². The molecule has 0 amide bonds. The number of rotatable bonds is 5. The van der Waals surface area contributed by atoms with Crippen molar-refractivity contribution in [3.63, 3.8) is 0 Å². The smallest absolute Gasteiger partial charge is 0.231 e. The third kappa shape index (κ3) is 3.47. The second-order valence-electron chi connectivity index (χ2n) is 4.97. The lowest BCUT2D eigenvalue weighted by molar-refractivity contribution is 0.333. The molecule has 0 bridgehead atoms. The number of hydrogen-bond donors (Lipinski definition) is 1. The van der Waals surface area contributed by atoms with E-state index >= 15 is 0 Å². The number of aromatic nitrogens is 2. The molecule has 6 heteroatoms. The Bertz CT molecular complexity index is 399. The van der Waals surface area contributed by atoms with Crippen molar-refractivity contribution >= 4 is 23.5 Å². The van der Waals surface area contributed by atoms with Crippen molar-refractivity contribution in [2.45, 2.75) is 49.7 Å². The fourth-order valence-corrected chi connectivity index (χ4v) is 5.14. The molecule has 1 aromatic rings. The Morgan fingerprint density at radius 3 is 2.79 bits per heavy atom. The molecule has 4 atom stereocenters. The van der Waals surface area contributed by atoms with Gasteiger partial charge in [-0.15, -0.1) is 11.8 Å². The van der Waals surface area contributed by atoms with E-state index in [-0.39, 0.29) is 5.92 Å². The number of nitrogens with zero attached hydrogens (tertiary/aromatic N) is 2. The van der Waals surface area contributed by atoms with E-state index in [1.807, 2.05) is 30.6 Å². The van der Waals surface area contributed by atoms with E-state index in [0.717, 1.165) is 18.1 Å². The Balaban J connectivity index is 2.11. The van der Waals surface area contributed by atoms with Crippen LogP contribution in [0.25, 0.3) is 0 Å². The van der Waals surface area contributed by atoms with Crippen LogP contribution >= 0.6 is 23.5 Å². The van der Waals surface area contributed by atoms with Crippen LogP contribution in [0.3, 0.4) is 0 Å². The molecule has 0 spiro atoms. The summed E-state index contributed by atoms with van der Waals surface area (Å²) in [7, 11) is 1.96. The first kappa shape index (κ1) is 15.2. The summed E-state index contributed by atoms with van der Waals surface area (Å²) in [5.41, 5.74) is 0. The van der Waals surface area contributed by atoms with Gasteiger partial charge in [-0.25, -0.2) is 0 Å². The molecule has 108 valence electrons. The minimum absolute atomic E-state index is 0.243. The van der Waals surface area contributed by atoms with E-state index in [2.05, 4.69) is 36.2 Å². The first-order valence-corrected chi connectivity index (χ1v) is 9.01. The van der Waals surface area contributed by atoms with E-state index < -0.39 is 0 Å². The monoisotopic (exact) mass is 301 g/mol. The molecule has 1 saturated heterocycles. The highest BCUT2D eigenvalue weighted by Gasteiger charge is 2.31. The highest BCUT2D eigenvalue weighted by atomic mass is 32.2. The van der Waals surface area contributed by atoms with E-state index in [4.69, 9.17) is 4.52 Å². The Kier molecular flexibility index (Phi) is 5.59. The van der Waals surface area contributed by atoms with Crippen molar-refractivity contribution in [3.8, 4) is 0 Å². The minimum Gasteiger partial charge on any atom is -0.339 e. The molecule has 0 radical (unpaired) electrons. The molecule has 0 aromatic carbocycles. The van der Waals surface area contributed by atoms with Crippen LogP contribution in [0.5, 0.6) is 0 Å². The van der Waals surface area contributed by atoms with E-state index in [1.165, 1.54) is 11.5 Å². The standard InChI is InChI=1S/C13H23N3OS2/c1-5-10-11(19-7-6-18-10)12-15-13(17-16-12)8(2)9(3)14-4/h8-11,14H,5-7H2,1-4H3. The van der Waals surface area contributed by atoms with Gasteiger partial charge in [0.05, 0.1) is 11.2 Å². The van der Waals surface area contributed by atoms with Crippen LogP contribution < -0.4 is 5.32 Å². The fraction of sp³-hybridized carbons (Fsp3) is 0.846. The summed E-state index contributed by atoms with van der Waals surface area (Å²) in [6.07, 6.45) is 1.16. The maximum Gasteiger partial charge on any atom is 0.231 e. The van der Waals surface area contributed by atoms with Gasteiger partial charge in [-0.3, -0.25) is 0 Å². The summed E-state index contributed by atoms with van der Waals surface area (Å²) in [5.74, 6) is 4.29. The molecule has 0 saturated carbocycles.